The van der Waals surface area contributed by atoms with Crippen molar-refractivity contribution >= 4 is 6.21 Å². The summed E-state index contributed by atoms with van der Waals surface area (Å²) >= 11 is 0. The van der Waals surface area contributed by atoms with Crippen LogP contribution in [-0.4, -0.2) is 102 Å². The maximum atomic E-state index is 5.72. The van der Waals surface area contributed by atoms with E-state index >= 15 is 0 Å². The fourth-order valence-electron chi connectivity index (χ4n) is 7.39. The maximum absolute atomic E-state index is 5.72. The highest BCUT2D eigenvalue weighted by atomic mass is 16.5. The van der Waals surface area contributed by atoms with E-state index in [-0.39, 0.29) is 0 Å². The van der Waals surface area contributed by atoms with Gasteiger partial charge in [-0.15, -0.1) is 0 Å². The standard InChI is InChI=1S/C34H44N4.C28H30O.C6H18N4/c1-26(2)7-9-30-21-31(10-8-27(3)4)23-32(22-30)12-11-29-13-14-34(28(5)6)33(24-29)25-37-17-20-38(18-15-35)19-16-36;1-20(2)8-10-24-16-25(11-9-21(3)4)18-26(17-24)13-12-23-14-15-27(22(5)6)28(19-23)29-7;7-1-4-10(5-2-8)6-3-9/h13-14,21-28H,15-20,35-36H2,1-6H3;14-22H,1-7H3;1-9H2. The van der Waals surface area contributed by atoms with Gasteiger partial charge in [0.2, 0.25) is 0 Å². The Balaban J connectivity index is 0.000000457. The van der Waals surface area contributed by atoms with Crippen molar-refractivity contribution in [3.63, 3.8) is 0 Å². The molecule has 4 aromatic rings. The monoisotopic (exact) mass is 1040 g/mol. The van der Waals surface area contributed by atoms with Crippen molar-refractivity contribution in [2.45, 2.75) is 94.9 Å². The summed E-state index contributed by atoms with van der Waals surface area (Å²) in [6.45, 7) is 34.6. The second-order valence-electron chi connectivity index (χ2n) is 20.6. The van der Waals surface area contributed by atoms with Crippen LogP contribution < -0.4 is 33.4 Å². The molecule has 0 aliphatic rings. The lowest BCUT2D eigenvalue weighted by atomic mass is 9.95. The normalized spacial score (nSPS) is 10.6. The molecule has 0 saturated heterocycles. The minimum absolute atomic E-state index is 0.305. The van der Waals surface area contributed by atoms with E-state index in [0.717, 1.165) is 95.1 Å². The Kier molecular flexibility index (Phi) is 32.9. The predicted molar refractivity (Wildman–Crippen MR) is 330 cm³/mol. The summed E-state index contributed by atoms with van der Waals surface area (Å²) < 4.78 is 5.54. The Morgan fingerprint density at radius 2 is 0.714 bits per heavy atom. The van der Waals surface area contributed by atoms with Crippen LogP contribution in [0, 0.1) is 94.7 Å². The van der Waals surface area contributed by atoms with E-state index in [2.05, 4.69) is 188 Å². The molecule has 4 rings (SSSR count). The van der Waals surface area contributed by atoms with E-state index in [4.69, 9.17) is 38.4 Å². The first kappa shape index (κ1) is 66.5. The Morgan fingerprint density at radius 1 is 0.403 bits per heavy atom. The lowest BCUT2D eigenvalue weighted by Crippen LogP contribution is -2.37. The average Bonchev–Trinajstić information content (AvgIpc) is 3.39. The fourth-order valence-corrected chi connectivity index (χ4v) is 7.39. The smallest absolute Gasteiger partial charge is 0.123 e. The third-order valence-electron chi connectivity index (χ3n) is 11.2. The van der Waals surface area contributed by atoms with Crippen LogP contribution in [0.1, 0.15) is 156 Å². The molecule has 0 amide bonds. The van der Waals surface area contributed by atoms with Crippen molar-refractivity contribution in [2.75, 3.05) is 85.6 Å². The van der Waals surface area contributed by atoms with Crippen molar-refractivity contribution in [3.05, 3.63) is 134 Å². The lowest BCUT2D eigenvalue weighted by Gasteiger charge is -2.19. The Hall–Kier alpha value is -6.57. The molecule has 0 heterocycles. The van der Waals surface area contributed by atoms with Crippen molar-refractivity contribution in [1.29, 1.82) is 0 Å². The summed E-state index contributed by atoms with van der Waals surface area (Å²) in [6, 6.07) is 24.8. The molecule has 77 heavy (non-hydrogen) atoms. The zero-order chi connectivity index (χ0) is 57.1. The molecule has 9 nitrogen and oxygen atoms in total. The van der Waals surface area contributed by atoms with Gasteiger partial charge in [-0.25, -0.2) is 0 Å². The third kappa shape index (κ3) is 28.4. The summed E-state index contributed by atoms with van der Waals surface area (Å²) in [6.07, 6.45) is 1.98. The van der Waals surface area contributed by atoms with Gasteiger partial charge in [0.15, 0.2) is 0 Å². The van der Waals surface area contributed by atoms with Gasteiger partial charge in [0.1, 0.15) is 5.75 Å². The van der Waals surface area contributed by atoms with Gasteiger partial charge in [0.25, 0.3) is 0 Å². The number of rotatable bonds is 17. The molecule has 0 aliphatic carbocycles. The molecular formula is C68H92N8O. The average molecular weight is 1040 g/mol. The fraction of sp³-hybridized carbons (Fsp3) is 0.456. The topological polar surface area (TPSA) is 158 Å². The van der Waals surface area contributed by atoms with E-state index in [1.165, 1.54) is 11.1 Å². The highest BCUT2D eigenvalue weighted by molar-refractivity contribution is 5.83. The molecule has 0 aliphatic heterocycles. The summed E-state index contributed by atoms with van der Waals surface area (Å²) in [7, 11) is 1.70. The summed E-state index contributed by atoms with van der Waals surface area (Å²) in [5.41, 5.74) is 38.6. The molecule has 10 N–H and O–H groups in total. The summed E-state index contributed by atoms with van der Waals surface area (Å²) in [5, 5.41) is 0. The van der Waals surface area contributed by atoms with Crippen LogP contribution >= 0.6 is 0 Å². The second-order valence-corrected chi connectivity index (χ2v) is 20.6. The van der Waals surface area contributed by atoms with Gasteiger partial charge in [-0.1, -0.05) is 166 Å². The van der Waals surface area contributed by atoms with E-state index < -0.39 is 0 Å². The van der Waals surface area contributed by atoms with E-state index in [1.54, 1.807) is 7.11 Å². The van der Waals surface area contributed by atoms with Crippen LogP contribution in [-0.2, 0) is 0 Å². The molecule has 0 bridgehead atoms. The molecule has 410 valence electrons. The molecule has 0 aromatic heterocycles. The van der Waals surface area contributed by atoms with Gasteiger partial charge in [-0.05, 0) is 89.2 Å². The molecule has 0 atom stereocenters. The van der Waals surface area contributed by atoms with Crippen molar-refractivity contribution in [1.82, 2.24) is 9.80 Å². The molecule has 0 radical (unpaired) electrons. The first-order chi connectivity index (χ1) is 36.8. The number of aliphatic imine (C=N–C) groups is 1. The van der Waals surface area contributed by atoms with E-state index in [9.17, 15) is 0 Å². The van der Waals surface area contributed by atoms with Gasteiger partial charge in [0, 0.05) is 146 Å². The van der Waals surface area contributed by atoms with Crippen LogP contribution in [0.15, 0.2) is 77.8 Å². The number of hydrogen-bond donors (Lipinski definition) is 5. The van der Waals surface area contributed by atoms with Crippen LogP contribution in [0.4, 0.5) is 0 Å². The minimum Gasteiger partial charge on any atom is -0.496 e. The van der Waals surface area contributed by atoms with Crippen molar-refractivity contribution in [3.8, 4) is 76.8 Å². The zero-order valence-electron chi connectivity index (χ0n) is 49.1. The summed E-state index contributed by atoms with van der Waals surface area (Å²) in [5.74, 6) is 42.1. The van der Waals surface area contributed by atoms with Crippen LogP contribution in [0.5, 0.6) is 5.75 Å². The van der Waals surface area contributed by atoms with Crippen molar-refractivity contribution < 1.29 is 4.74 Å². The minimum atomic E-state index is 0.305. The van der Waals surface area contributed by atoms with Crippen LogP contribution in [0.2, 0.25) is 0 Å². The molecule has 0 fully saturated rings. The zero-order valence-corrected chi connectivity index (χ0v) is 49.1. The van der Waals surface area contributed by atoms with Crippen LogP contribution in [0.25, 0.3) is 0 Å². The van der Waals surface area contributed by atoms with Crippen LogP contribution in [0.3, 0.4) is 0 Å². The Labute approximate surface area is 467 Å². The van der Waals surface area contributed by atoms with Gasteiger partial charge in [-0.3, -0.25) is 14.8 Å². The predicted octanol–water partition coefficient (Wildman–Crippen LogP) is 9.26. The lowest BCUT2D eigenvalue weighted by molar-refractivity contribution is 0.297. The molecule has 0 spiro atoms. The van der Waals surface area contributed by atoms with Gasteiger partial charge in [0.05, 0.1) is 13.7 Å². The first-order valence-electron chi connectivity index (χ1n) is 27.5. The van der Waals surface area contributed by atoms with E-state index in [1.807, 2.05) is 54.7 Å². The number of nitrogens with two attached hydrogens (primary N) is 5. The molecular weight excluding hydrogens is 945 g/mol. The second kappa shape index (κ2) is 38.1. The molecule has 0 unspecified atom stereocenters. The number of hydrogen-bond acceptors (Lipinski definition) is 9. The van der Waals surface area contributed by atoms with E-state index in [0.29, 0.717) is 74.8 Å². The highest BCUT2D eigenvalue weighted by Gasteiger charge is 2.09. The van der Waals surface area contributed by atoms with Gasteiger partial charge in [-0.2, -0.15) is 0 Å². The number of methoxy groups -OCH3 is 1. The van der Waals surface area contributed by atoms with Gasteiger partial charge >= 0.3 is 0 Å². The molecule has 9 heteroatoms. The number of ether oxygens (including phenoxy) is 1. The number of benzene rings is 4. The highest BCUT2D eigenvalue weighted by Crippen LogP contribution is 2.27. The Morgan fingerprint density at radius 3 is 1.04 bits per heavy atom. The SMILES string of the molecule is CC(C)C#Cc1cc(C#Cc2ccc(C(C)C)c(C=NCCN(CCN)CCN)c2)cc(C#CC(C)C)c1.COc1cc(C#Cc2cc(C#CC(C)C)cc(C#CC(C)C)c2)ccc1C(C)C.NCCN(CCN)CCN. The van der Waals surface area contributed by atoms with Crippen molar-refractivity contribution in [2.24, 2.45) is 57.3 Å². The quantitative estimate of drug-likeness (QED) is 0.0518. The molecule has 0 saturated carbocycles. The summed E-state index contributed by atoms with van der Waals surface area (Å²) in [4.78, 5) is 9.13. The number of nitrogens with zero attached hydrogens (tertiary/aromatic N) is 3. The first-order valence-corrected chi connectivity index (χ1v) is 27.5. The molecule has 4 aromatic carbocycles. The Bertz CT molecular complexity index is 2730. The van der Waals surface area contributed by atoms with Gasteiger partial charge < -0.3 is 33.4 Å². The maximum Gasteiger partial charge on any atom is 0.123 e. The largest absolute Gasteiger partial charge is 0.496 e. The third-order valence-corrected chi connectivity index (χ3v) is 11.2.